The molecule has 1 heterocycles. The molecule has 0 bridgehead atoms. The number of esters is 5. The first-order chi connectivity index (χ1) is 26.3. The van der Waals surface area contributed by atoms with Crippen molar-refractivity contribution in [2.75, 3.05) is 33.0 Å². The van der Waals surface area contributed by atoms with Crippen LogP contribution in [-0.4, -0.2) is 106 Å². The average molecular weight is 877 g/mol. The van der Waals surface area contributed by atoms with Gasteiger partial charge in [0.05, 0.1) is 33.0 Å². The number of ether oxygens (including phenoxy) is 5. The maximum absolute atomic E-state index is 11.9. The van der Waals surface area contributed by atoms with E-state index in [9.17, 15) is 24.0 Å². The monoisotopic (exact) mass is 876 g/mol. The van der Waals surface area contributed by atoms with Gasteiger partial charge in [0, 0.05) is 30.4 Å². The zero-order valence-electron chi connectivity index (χ0n) is 33.6. The number of rotatable bonds is 25. The zero-order chi connectivity index (χ0) is 42.3. The predicted octanol–water partition coefficient (Wildman–Crippen LogP) is 5.97. The van der Waals surface area contributed by atoms with E-state index in [0.29, 0.717) is 62.3 Å². The third-order valence-corrected chi connectivity index (χ3v) is 29.2. The molecule has 1 rings (SSSR count). The topological polar surface area (TPSA) is 187 Å². The minimum atomic E-state index is -3.41. The van der Waals surface area contributed by atoms with Gasteiger partial charge in [-0.05, 0) is 95.1 Å². The molecule has 0 aromatic rings. The normalized spacial score (nSPS) is 26.6. The summed E-state index contributed by atoms with van der Waals surface area (Å²) in [4.78, 5) is 59.2. The van der Waals surface area contributed by atoms with Crippen LogP contribution in [0.25, 0.3) is 0 Å². The molecule has 316 valence electrons. The largest absolute Gasteiger partial charge is 0.463 e. The Morgan fingerprint density at radius 2 is 0.554 bits per heavy atom. The Balaban J connectivity index is 3.78. The summed E-state index contributed by atoms with van der Waals surface area (Å²) >= 11 is 0. The highest BCUT2D eigenvalue weighted by Gasteiger charge is 2.55. The second-order valence-corrected chi connectivity index (χ2v) is 31.1. The van der Waals surface area contributed by atoms with Gasteiger partial charge in [0.1, 0.15) is 0 Å². The van der Waals surface area contributed by atoms with Crippen LogP contribution >= 0.6 is 0 Å². The Morgan fingerprint density at radius 1 is 0.375 bits per heavy atom. The molecule has 21 heteroatoms. The Kier molecular flexibility index (Phi) is 23.0. The minimum Gasteiger partial charge on any atom is -0.463 e. The molecule has 0 aliphatic carbocycles. The van der Waals surface area contributed by atoms with Crippen LogP contribution in [0, 0.1) is 0 Å². The number of hydrogen-bond donors (Lipinski definition) is 0. The van der Waals surface area contributed by atoms with Gasteiger partial charge in [-0.2, -0.15) is 0 Å². The van der Waals surface area contributed by atoms with Gasteiger partial charge in [-0.3, -0.25) is 9.15 Å². The van der Waals surface area contributed by atoms with Crippen molar-refractivity contribution in [1.82, 2.24) is 0 Å². The highest BCUT2D eigenvalue weighted by molar-refractivity contribution is 6.91. The maximum Gasteiger partial charge on any atom is 0.362 e. The molecule has 4 atom stereocenters. The summed E-state index contributed by atoms with van der Waals surface area (Å²) in [7, 11) is -17.0. The summed E-state index contributed by atoms with van der Waals surface area (Å²) in [5, 5.41) is 0. The first-order valence-corrected chi connectivity index (χ1v) is 31.1. The molecule has 1 aliphatic heterocycles. The number of hydrogen-bond acceptors (Lipinski definition) is 16. The van der Waals surface area contributed by atoms with Crippen LogP contribution in [0.5, 0.6) is 0 Å². The van der Waals surface area contributed by atoms with Crippen LogP contribution in [0.1, 0.15) is 32.1 Å². The average Bonchev–Trinajstić information content (AvgIpc) is 3.16. The van der Waals surface area contributed by atoms with E-state index in [1.807, 2.05) is 32.7 Å². The van der Waals surface area contributed by atoms with Crippen molar-refractivity contribution in [1.29, 1.82) is 0 Å². The first kappa shape index (κ1) is 50.9. The van der Waals surface area contributed by atoms with E-state index >= 15 is 0 Å². The molecule has 0 spiro atoms. The van der Waals surface area contributed by atoms with Crippen LogP contribution in [0.15, 0.2) is 63.3 Å². The van der Waals surface area contributed by atoms with Crippen molar-refractivity contribution in [2.45, 2.75) is 95.1 Å². The Bertz CT molecular complexity index is 1300. The van der Waals surface area contributed by atoms with Crippen molar-refractivity contribution in [3.63, 3.8) is 0 Å². The van der Waals surface area contributed by atoms with Gasteiger partial charge in [0.15, 0.2) is 0 Å². The molecule has 0 aromatic heterocycles. The second kappa shape index (κ2) is 25.3. The molecule has 1 saturated heterocycles. The third-order valence-electron chi connectivity index (χ3n) is 8.05. The fourth-order valence-corrected chi connectivity index (χ4v) is 31.0. The highest BCUT2D eigenvalue weighted by Crippen LogP contribution is 2.37. The number of carbonyl (C=O) groups excluding carboxylic acids is 5. The van der Waals surface area contributed by atoms with Gasteiger partial charge >= 0.3 is 72.7 Å². The lowest BCUT2D eigenvalue weighted by Crippen LogP contribution is -2.61. The summed E-state index contributed by atoms with van der Waals surface area (Å²) in [6.07, 6.45) is 7.26. The summed E-state index contributed by atoms with van der Waals surface area (Å²) < 4.78 is 67.5. The van der Waals surface area contributed by atoms with Gasteiger partial charge in [-0.25, -0.2) is 24.0 Å². The lowest BCUT2D eigenvalue weighted by molar-refractivity contribution is -0.156. The van der Waals surface area contributed by atoms with Gasteiger partial charge in [-0.15, -0.1) is 0 Å². The van der Waals surface area contributed by atoms with Crippen LogP contribution in [0.2, 0.25) is 63.0 Å². The van der Waals surface area contributed by atoms with Gasteiger partial charge < -0.3 is 40.1 Å². The molecule has 56 heavy (non-hydrogen) atoms. The van der Waals surface area contributed by atoms with E-state index in [2.05, 4.69) is 32.9 Å². The quantitative estimate of drug-likeness (QED) is 0.0260. The van der Waals surface area contributed by atoms with Crippen molar-refractivity contribution in [3.05, 3.63) is 63.3 Å². The lowest BCUT2D eigenvalue weighted by Gasteiger charge is -2.44. The SMILES string of the molecule is C=CC(=O)OCCC[Si]1(C)OO[Si](C)(CCCOC(=O)C=C)O[Si](C)(CCCOC(=O)C=C)O[Si](C)(CCCOC(=O)C=C)O[Si](C)(CCCOC(=O)C=C)O1. The Morgan fingerprint density at radius 3 is 0.750 bits per heavy atom. The van der Waals surface area contributed by atoms with E-state index in [1.54, 1.807) is 0 Å². The smallest absolute Gasteiger partial charge is 0.362 e. The predicted molar refractivity (Wildman–Crippen MR) is 217 cm³/mol. The number of carbonyl (C=O) groups is 5. The standard InChI is InChI=1S/C35H60O16Si5/c1-11-31(36)41-21-16-26-52(6)46-47-53(7,27-17-22-42-32(37)12-2)49-55(9,29-19-24-44-34(39)14-4)51-56(10,30-20-25-45-35(40)15-5)50-54(8,48-52)28-18-23-43-33(38)13-3/h11-15H,1-5,16-30H2,6-10H3. The summed E-state index contributed by atoms with van der Waals surface area (Å²) in [6.45, 7) is 26.9. The molecule has 1 fully saturated rings. The highest BCUT2D eigenvalue weighted by atomic mass is 28.5. The zero-order valence-corrected chi connectivity index (χ0v) is 38.6. The fourth-order valence-electron chi connectivity index (χ4n) is 5.72. The third kappa shape index (κ3) is 20.9. The van der Waals surface area contributed by atoms with Crippen LogP contribution < -0.4 is 0 Å². The lowest BCUT2D eigenvalue weighted by atomic mass is 10.5. The van der Waals surface area contributed by atoms with Crippen LogP contribution in [-0.2, 0) is 73.3 Å². The molecule has 0 radical (unpaired) electrons. The van der Waals surface area contributed by atoms with Gasteiger partial charge in [0.25, 0.3) is 0 Å². The van der Waals surface area contributed by atoms with E-state index in [1.165, 1.54) is 0 Å². The molecule has 16 nitrogen and oxygen atoms in total. The van der Waals surface area contributed by atoms with E-state index in [4.69, 9.17) is 49.3 Å². The Labute approximate surface area is 336 Å². The first-order valence-electron chi connectivity index (χ1n) is 18.4. The fraction of sp³-hybridized carbons (Fsp3) is 0.571. The van der Waals surface area contributed by atoms with Gasteiger partial charge in [0.2, 0.25) is 0 Å². The van der Waals surface area contributed by atoms with Crippen molar-refractivity contribution < 1.29 is 73.3 Å². The van der Waals surface area contributed by atoms with Crippen molar-refractivity contribution >= 4 is 72.7 Å². The van der Waals surface area contributed by atoms with E-state index in [0.717, 1.165) is 30.4 Å². The molecule has 0 aromatic carbocycles. The molecule has 0 N–H and O–H groups in total. The molecule has 1 aliphatic rings. The van der Waals surface area contributed by atoms with Crippen LogP contribution in [0.4, 0.5) is 0 Å². The summed E-state index contributed by atoms with van der Waals surface area (Å²) in [5.41, 5.74) is 0. The van der Waals surface area contributed by atoms with E-state index in [-0.39, 0.29) is 33.0 Å². The van der Waals surface area contributed by atoms with Crippen molar-refractivity contribution in [3.8, 4) is 0 Å². The van der Waals surface area contributed by atoms with Crippen molar-refractivity contribution in [2.24, 2.45) is 0 Å². The molecular weight excluding hydrogens is 817 g/mol. The second-order valence-electron chi connectivity index (χ2n) is 13.6. The summed E-state index contributed by atoms with van der Waals surface area (Å²) in [5.74, 6) is -2.83. The van der Waals surface area contributed by atoms with Gasteiger partial charge in [-0.1, -0.05) is 32.9 Å². The molecule has 4 unspecified atom stereocenters. The summed E-state index contributed by atoms with van der Waals surface area (Å²) in [6, 6.07) is 1.70. The maximum atomic E-state index is 11.9. The molecule has 0 amide bonds. The molecule has 0 saturated carbocycles. The van der Waals surface area contributed by atoms with E-state index < -0.39 is 72.7 Å². The minimum absolute atomic E-state index is 0.0665. The molecular formula is C35H60O16Si5. The Hall–Kier alpha value is -3.11. The van der Waals surface area contributed by atoms with Crippen LogP contribution in [0.3, 0.4) is 0 Å².